The van der Waals surface area contributed by atoms with Crippen molar-refractivity contribution in [3.05, 3.63) is 71.8 Å². The van der Waals surface area contributed by atoms with Crippen molar-refractivity contribution in [3.8, 4) is 11.4 Å². The molecular weight excluding hydrogens is 304 g/mol. The van der Waals surface area contributed by atoms with E-state index in [9.17, 15) is 9.90 Å². The van der Waals surface area contributed by atoms with E-state index >= 15 is 0 Å². The number of aryl methyl sites for hydroxylation is 1. The Morgan fingerprint density at radius 1 is 1.21 bits per heavy atom. The third kappa shape index (κ3) is 3.60. The lowest BCUT2D eigenvalue weighted by molar-refractivity contribution is 0.0946. The summed E-state index contributed by atoms with van der Waals surface area (Å²) in [4.78, 5) is 16.4. The first-order chi connectivity index (χ1) is 11.6. The molecular formula is C18H18N4O2. The van der Waals surface area contributed by atoms with E-state index in [4.69, 9.17) is 0 Å². The maximum Gasteiger partial charge on any atom is 0.275 e. The Morgan fingerprint density at radius 3 is 2.71 bits per heavy atom. The van der Waals surface area contributed by atoms with Crippen LogP contribution < -0.4 is 5.32 Å². The van der Waals surface area contributed by atoms with Crippen LogP contribution in [0.1, 0.15) is 21.7 Å². The minimum absolute atomic E-state index is 0.0147. The van der Waals surface area contributed by atoms with Gasteiger partial charge in [-0.3, -0.25) is 9.78 Å². The Labute approximate surface area is 139 Å². The third-order valence-corrected chi connectivity index (χ3v) is 3.60. The molecule has 122 valence electrons. The fourth-order valence-corrected chi connectivity index (χ4v) is 2.29. The number of nitrogens with zero attached hydrogens (tertiary/aromatic N) is 3. The van der Waals surface area contributed by atoms with Crippen LogP contribution in [0.15, 0.2) is 54.9 Å². The van der Waals surface area contributed by atoms with Gasteiger partial charge in [0, 0.05) is 18.4 Å². The molecule has 0 fully saturated rings. The van der Waals surface area contributed by atoms with Crippen LogP contribution >= 0.6 is 0 Å². The van der Waals surface area contributed by atoms with E-state index in [1.54, 1.807) is 6.20 Å². The molecule has 6 nitrogen and oxygen atoms in total. The number of carbonyl (C=O) groups is 1. The molecule has 24 heavy (non-hydrogen) atoms. The Balaban J connectivity index is 1.63. The average molecular weight is 322 g/mol. The topological polar surface area (TPSA) is 80.0 Å². The van der Waals surface area contributed by atoms with E-state index in [1.165, 1.54) is 10.9 Å². The van der Waals surface area contributed by atoms with Crippen molar-refractivity contribution < 1.29 is 9.90 Å². The molecule has 0 aliphatic heterocycles. The third-order valence-electron chi connectivity index (χ3n) is 3.60. The Hall–Kier alpha value is -3.15. The fourth-order valence-electron chi connectivity index (χ4n) is 2.29. The zero-order chi connectivity index (χ0) is 16.9. The van der Waals surface area contributed by atoms with E-state index < -0.39 is 5.91 Å². The van der Waals surface area contributed by atoms with Crippen molar-refractivity contribution in [1.82, 2.24) is 20.1 Å². The van der Waals surface area contributed by atoms with Gasteiger partial charge in [0.1, 0.15) is 0 Å². The number of carbonyl (C=O) groups excluding carboxylic acids is 1. The zero-order valence-corrected chi connectivity index (χ0v) is 13.3. The van der Waals surface area contributed by atoms with E-state index in [0.29, 0.717) is 13.0 Å². The lowest BCUT2D eigenvalue weighted by Crippen LogP contribution is -2.26. The van der Waals surface area contributed by atoms with Crippen molar-refractivity contribution in [3.63, 3.8) is 0 Å². The van der Waals surface area contributed by atoms with Gasteiger partial charge in [-0.1, -0.05) is 24.3 Å². The summed E-state index contributed by atoms with van der Waals surface area (Å²) in [5, 5.41) is 16.9. The van der Waals surface area contributed by atoms with Crippen molar-refractivity contribution in [2.45, 2.75) is 13.3 Å². The molecule has 6 heteroatoms. The van der Waals surface area contributed by atoms with Crippen LogP contribution in [-0.2, 0) is 6.42 Å². The lowest BCUT2D eigenvalue weighted by Gasteiger charge is -2.04. The summed E-state index contributed by atoms with van der Waals surface area (Å²) in [6.45, 7) is 2.37. The number of aromatic nitrogens is 3. The number of amides is 1. The normalized spacial score (nSPS) is 10.5. The first-order valence-electron chi connectivity index (χ1n) is 7.67. The van der Waals surface area contributed by atoms with Crippen molar-refractivity contribution >= 4 is 5.91 Å². The number of hydrogen-bond donors (Lipinski definition) is 2. The molecule has 0 spiro atoms. The highest BCUT2D eigenvalue weighted by Crippen LogP contribution is 2.17. The van der Waals surface area contributed by atoms with Gasteiger partial charge < -0.3 is 10.4 Å². The highest BCUT2D eigenvalue weighted by atomic mass is 16.3. The van der Waals surface area contributed by atoms with Crippen LogP contribution in [0.25, 0.3) is 5.69 Å². The van der Waals surface area contributed by atoms with E-state index in [-0.39, 0.29) is 11.4 Å². The monoisotopic (exact) mass is 322 g/mol. The van der Waals surface area contributed by atoms with Crippen LogP contribution in [-0.4, -0.2) is 32.3 Å². The highest BCUT2D eigenvalue weighted by Gasteiger charge is 2.16. The number of aromatic hydroxyl groups is 1. The van der Waals surface area contributed by atoms with Gasteiger partial charge in [-0.05, 0) is 37.1 Å². The van der Waals surface area contributed by atoms with Gasteiger partial charge in [0.2, 0.25) is 0 Å². The molecule has 2 aromatic heterocycles. The number of para-hydroxylation sites is 1. The Bertz CT molecular complexity index is 826. The summed E-state index contributed by atoms with van der Waals surface area (Å²) in [7, 11) is 0. The quantitative estimate of drug-likeness (QED) is 0.755. The molecule has 0 bridgehead atoms. The number of rotatable bonds is 5. The number of benzene rings is 1. The predicted octanol–water partition coefficient (Wildman–Crippen LogP) is 2.25. The van der Waals surface area contributed by atoms with Gasteiger partial charge >= 0.3 is 0 Å². The number of hydrogen-bond acceptors (Lipinski definition) is 4. The molecule has 1 aromatic carbocycles. The molecule has 2 heterocycles. The second-order valence-electron chi connectivity index (χ2n) is 5.46. The SMILES string of the molecule is Cc1ccc(CCNC(=O)c2nn(-c3ccccc3)cc2O)cn1. The van der Waals surface area contributed by atoms with Crippen LogP contribution in [0, 0.1) is 6.92 Å². The van der Waals surface area contributed by atoms with E-state index in [2.05, 4.69) is 15.4 Å². The summed E-state index contributed by atoms with van der Waals surface area (Å²) in [6, 6.07) is 13.2. The fraction of sp³-hybridized carbons (Fsp3) is 0.167. The summed E-state index contributed by atoms with van der Waals surface area (Å²) < 4.78 is 1.48. The summed E-state index contributed by atoms with van der Waals surface area (Å²) in [5.74, 6) is -0.546. The first-order valence-corrected chi connectivity index (χ1v) is 7.67. The van der Waals surface area contributed by atoms with Crippen molar-refractivity contribution in [2.75, 3.05) is 6.54 Å². The molecule has 0 aliphatic rings. The molecule has 1 amide bonds. The molecule has 0 saturated heterocycles. The Morgan fingerprint density at radius 2 is 2.00 bits per heavy atom. The molecule has 3 aromatic rings. The van der Waals surface area contributed by atoms with Gasteiger partial charge in [0.05, 0.1) is 11.9 Å². The molecule has 0 saturated carbocycles. The predicted molar refractivity (Wildman–Crippen MR) is 90.2 cm³/mol. The van der Waals surface area contributed by atoms with Crippen molar-refractivity contribution in [2.24, 2.45) is 0 Å². The zero-order valence-electron chi connectivity index (χ0n) is 13.3. The van der Waals surface area contributed by atoms with Crippen molar-refractivity contribution in [1.29, 1.82) is 0 Å². The summed E-state index contributed by atoms with van der Waals surface area (Å²) in [6.07, 6.45) is 3.89. The maximum absolute atomic E-state index is 12.2. The van der Waals surface area contributed by atoms with Crippen LogP contribution in [0.4, 0.5) is 0 Å². The molecule has 0 radical (unpaired) electrons. The van der Waals surface area contributed by atoms with Crippen LogP contribution in [0.3, 0.4) is 0 Å². The van der Waals surface area contributed by atoms with Crippen LogP contribution in [0.2, 0.25) is 0 Å². The molecule has 0 atom stereocenters. The molecule has 3 rings (SSSR count). The smallest absolute Gasteiger partial charge is 0.275 e. The van der Waals surface area contributed by atoms with Gasteiger partial charge in [-0.2, -0.15) is 5.10 Å². The minimum atomic E-state index is -0.401. The van der Waals surface area contributed by atoms with E-state index in [1.807, 2.05) is 49.4 Å². The standard InChI is InChI=1S/C18H18N4O2/c1-13-7-8-14(11-20-13)9-10-19-18(24)17-16(23)12-22(21-17)15-5-3-2-4-6-15/h2-8,11-12,23H,9-10H2,1H3,(H,19,24). The van der Waals surface area contributed by atoms with Gasteiger partial charge in [0.15, 0.2) is 11.4 Å². The lowest BCUT2D eigenvalue weighted by atomic mass is 10.2. The Kier molecular flexibility index (Phi) is 4.56. The summed E-state index contributed by atoms with van der Waals surface area (Å²) >= 11 is 0. The largest absolute Gasteiger partial charge is 0.504 e. The van der Waals surface area contributed by atoms with Crippen LogP contribution in [0.5, 0.6) is 5.75 Å². The molecule has 0 unspecified atom stereocenters. The van der Waals surface area contributed by atoms with E-state index in [0.717, 1.165) is 16.9 Å². The summed E-state index contributed by atoms with van der Waals surface area (Å²) in [5.41, 5.74) is 2.79. The molecule has 0 aliphatic carbocycles. The maximum atomic E-state index is 12.2. The second-order valence-corrected chi connectivity index (χ2v) is 5.46. The average Bonchev–Trinajstić information content (AvgIpc) is 2.99. The molecule has 2 N–H and O–H groups in total. The van der Waals surface area contributed by atoms with Gasteiger partial charge in [-0.15, -0.1) is 0 Å². The number of pyridine rings is 1. The highest BCUT2D eigenvalue weighted by molar-refractivity contribution is 5.94. The first kappa shape index (κ1) is 15.7. The minimum Gasteiger partial charge on any atom is -0.504 e. The number of nitrogens with one attached hydrogen (secondary N) is 1. The van der Waals surface area contributed by atoms with Gasteiger partial charge in [0.25, 0.3) is 5.91 Å². The second kappa shape index (κ2) is 6.95. The van der Waals surface area contributed by atoms with Gasteiger partial charge in [-0.25, -0.2) is 4.68 Å².